The highest BCUT2D eigenvalue weighted by Gasteiger charge is 2.21. The van der Waals surface area contributed by atoms with Crippen molar-refractivity contribution in [3.63, 3.8) is 0 Å². The molecule has 0 aliphatic rings. The Kier molecular flexibility index (Phi) is 9.75. The van der Waals surface area contributed by atoms with Crippen LogP contribution in [-0.2, 0) is 26.0 Å². The number of sulfonamides is 1. The first-order valence-electron chi connectivity index (χ1n) is 9.08. The van der Waals surface area contributed by atoms with Crippen LogP contribution in [0.3, 0.4) is 0 Å². The second-order valence-electron chi connectivity index (χ2n) is 6.28. The number of aryl methyl sites for hydroxylation is 2. The number of esters is 1. The van der Waals surface area contributed by atoms with Crippen LogP contribution in [0.1, 0.15) is 50.7 Å². The fourth-order valence-electron chi connectivity index (χ4n) is 2.63. The smallest absolute Gasteiger partial charge is 0.306 e. The van der Waals surface area contributed by atoms with Crippen molar-refractivity contribution in [2.24, 2.45) is 0 Å². The molecule has 0 saturated heterocycles. The number of ether oxygens (including phenoxy) is 1. The standard InChI is InChI=1S/C19H31NO4S/c1-4-12-20(13-5-2)25(22,23)15-11-19(21)24-14-7-10-18-9-6-8-17(3)16-18/h6,8-9,16H,4-5,7,10-15H2,1-3H3. The Labute approximate surface area is 152 Å². The molecule has 0 atom stereocenters. The Bertz CT molecular complexity index is 622. The molecule has 0 fully saturated rings. The number of carbonyl (C=O) groups excluding carboxylic acids is 1. The molecule has 0 heterocycles. The topological polar surface area (TPSA) is 63.7 Å². The van der Waals surface area contributed by atoms with Gasteiger partial charge in [0.25, 0.3) is 0 Å². The highest BCUT2D eigenvalue weighted by Crippen LogP contribution is 2.08. The SMILES string of the molecule is CCCN(CCC)S(=O)(=O)CCC(=O)OCCCc1cccc(C)c1. The van der Waals surface area contributed by atoms with E-state index in [1.54, 1.807) is 0 Å². The van der Waals surface area contributed by atoms with E-state index >= 15 is 0 Å². The molecule has 0 radical (unpaired) electrons. The first kappa shape index (κ1) is 21.6. The molecule has 0 aliphatic heterocycles. The van der Waals surface area contributed by atoms with E-state index in [1.807, 2.05) is 32.9 Å². The molecule has 1 rings (SSSR count). The van der Waals surface area contributed by atoms with E-state index in [1.165, 1.54) is 15.4 Å². The number of hydrogen-bond acceptors (Lipinski definition) is 4. The zero-order valence-electron chi connectivity index (χ0n) is 15.7. The number of nitrogens with zero attached hydrogens (tertiary/aromatic N) is 1. The molecule has 0 N–H and O–H groups in total. The molecule has 142 valence electrons. The van der Waals surface area contributed by atoms with Crippen LogP contribution in [0.5, 0.6) is 0 Å². The average molecular weight is 370 g/mol. The summed E-state index contributed by atoms with van der Waals surface area (Å²) in [6.45, 7) is 7.26. The van der Waals surface area contributed by atoms with Crippen molar-refractivity contribution in [3.8, 4) is 0 Å². The van der Waals surface area contributed by atoms with Crippen molar-refractivity contribution in [1.82, 2.24) is 4.31 Å². The summed E-state index contributed by atoms with van der Waals surface area (Å²) in [6, 6.07) is 8.23. The molecule has 0 unspecified atom stereocenters. The van der Waals surface area contributed by atoms with Crippen molar-refractivity contribution >= 4 is 16.0 Å². The van der Waals surface area contributed by atoms with Crippen LogP contribution in [0, 0.1) is 6.92 Å². The van der Waals surface area contributed by atoms with E-state index in [0.717, 1.165) is 25.7 Å². The predicted octanol–water partition coefficient (Wildman–Crippen LogP) is 3.31. The fourth-order valence-corrected chi connectivity index (χ4v) is 4.24. The Morgan fingerprint density at radius 3 is 2.44 bits per heavy atom. The molecule has 0 saturated carbocycles. The third kappa shape index (κ3) is 8.50. The van der Waals surface area contributed by atoms with E-state index in [0.29, 0.717) is 19.7 Å². The average Bonchev–Trinajstić information content (AvgIpc) is 2.57. The molecule has 0 spiro atoms. The largest absolute Gasteiger partial charge is 0.466 e. The van der Waals surface area contributed by atoms with Crippen molar-refractivity contribution in [3.05, 3.63) is 35.4 Å². The number of hydrogen-bond donors (Lipinski definition) is 0. The number of benzene rings is 1. The fraction of sp³-hybridized carbons (Fsp3) is 0.632. The summed E-state index contributed by atoms with van der Waals surface area (Å²) in [6.07, 6.45) is 3.02. The summed E-state index contributed by atoms with van der Waals surface area (Å²) in [5, 5.41) is 0. The Hall–Kier alpha value is -1.40. The molecule has 0 aliphatic carbocycles. The van der Waals surface area contributed by atoms with E-state index in [4.69, 9.17) is 4.74 Å². The van der Waals surface area contributed by atoms with Crippen LogP contribution in [0.25, 0.3) is 0 Å². The van der Waals surface area contributed by atoms with E-state index in [-0.39, 0.29) is 12.2 Å². The van der Waals surface area contributed by atoms with Gasteiger partial charge in [0, 0.05) is 13.1 Å². The summed E-state index contributed by atoms with van der Waals surface area (Å²) in [7, 11) is -3.39. The Morgan fingerprint density at radius 1 is 1.16 bits per heavy atom. The maximum absolute atomic E-state index is 12.3. The van der Waals surface area contributed by atoms with Gasteiger partial charge >= 0.3 is 5.97 Å². The molecule has 5 nitrogen and oxygen atoms in total. The molecule has 1 aromatic rings. The third-order valence-electron chi connectivity index (χ3n) is 3.86. The molecule has 25 heavy (non-hydrogen) atoms. The van der Waals surface area contributed by atoms with Crippen LogP contribution >= 0.6 is 0 Å². The minimum atomic E-state index is -3.39. The lowest BCUT2D eigenvalue weighted by Crippen LogP contribution is -2.35. The van der Waals surface area contributed by atoms with E-state index < -0.39 is 16.0 Å². The van der Waals surface area contributed by atoms with Crippen LogP contribution in [0.4, 0.5) is 0 Å². The number of carbonyl (C=O) groups is 1. The Morgan fingerprint density at radius 2 is 1.84 bits per heavy atom. The summed E-state index contributed by atoms with van der Waals surface area (Å²) in [5.74, 6) is -0.621. The zero-order valence-corrected chi connectivity index (χ0v) is 16.5. The van der Waals surface area contributed by atoms with Crippen LogP contribution in [0.2, 0.25) is 0 Å². The lowest BCUT2D eigenvalue weighted by atomic mass is 10.1. The molecule has 0 bridgehead atoms. The predicted molar refractivity (Wildman–Crippen MR) is 101 cm³/mol. The maximum Gasteiger partial charge on any atom is 0.306 e. The van der Waals surface area contributed by atoms with Gasteiger partial charge in [-0.15, -0.1) is 0 Å². The van der Waals surface area contributed by atoms with Crippen molar-refractivity contribution in [1.29, 1.82) is 0 Å². The zero-order chi connectivity index (χ0) is 18.7. The maximum atomic E-state index is 12.3. The number of rotatable bonds is 12. The Balaban J connectivity index is 2.31. The van der Waals surface area contributed by atoms with E-state index in [9.17, 15) is 13.2 Å². The van der Waals surface area contributed by atoms with Gasteiger partial charge < -0.3 is 4.74 Å². The highest BCUT2D eigenvalue weighted by atomic mass is 32.2. The van der Waals surface area contributed by atoms with Gasteiger partial charge in [0.2, 0.25) is 10.0 Å². The second-order valence-corrected chi connectivity index (χ2v) is 8.37. The van der Waals surface area contributed by atoms with Gasteiger partial charge in [0.15, 0.2) is 0 Å². The van der Waals surface area contributed by atoms with E-state index in [2.05, 4.69) is 12.1 Å². The molecule has 0 aromatic heterocycles. The molecule has 1 aromatic carbocycles. The van der Waals surface area contributed by atoms with Crippen LogP contribution in [0.15, 0.2) is 24.3 Å². The molecule has 0 amide bonds. The summed E-state index contributed by atoms with van der Waals surface area (Å²) >= 11 is 0. The van der Waals surface area contributed by atoms with Gasteiger partial charge in [-0.3, -0.25) is 4.79 Å². The minimum absolute atomic E-state index is 0.0866. The quantitative estimate of drug-likeness (QED) is 0.419. The van der Waals surface area contributed by atoms with Gasteiger partial charge in [0.1, 0.15) is 0 Å². The van der Waals surface area contributed by atoms with Gasteiger partial charge in [-0.05, 0) is 38.2 Å². The van der Waals surface area contributed by atoms with Crippen molar-refractivity contribution in [2.45, 2.75) is 52.9 Å². The van der Waals surface area contributed by atoms with Gasteiger partial charge in [-0.2, -0.15) is 0 Å². The van der Waals surface area contributed by atoms with Crippen LogP contribution < -0.4 is 0 Å². The normalized spacial score (nSPS) is 11.7. The summed E-state index contributed by atoms with van der Waals surface area (Å²) in [4.78, 5) is 11.8. The summed E-state index contributed by atoms with van der Waals surface area (Å²) < 4.78 is 31.2. The second kappa shape index (κ2) is 11.3. The summed E-state index contributed by atoms with van der Waals surface area (Å²) in [5.41, 5.74) is 2.43. The lowest BCUT2D eigenvalue weighted by Gasteiger charge is -2.20. The third-order valence-corrected chi connectivity index (χ3v) is 5.73. The molecule has 6 heteroatoms. The van der Waals surface area contributed by atoms with Crippen molar-refractivity contribution in [2.75, 3.05) is 25.4 Å². The lowest BCUT2D eigenvalue weighted by molar-refractivity contribution is -0.143. The van der Waals surface area contributed by atoms with Crippen molar-refractivity contribution < 1.29 is 17.9 Å². The molecular formula is C19H31NO4S. The monoisotopic (exact) mass is 369 g/mol. The highest BCUT2D eigenvalue weighted by molar-refractivity contribution is 7.89. The van der Waals surface area contributed by atoms with Gasteiger partial charge in [-0.1, -0.05) is 43.7 Å². The van der Waals surface area contributed by atoms with Gasteiger partial charge in [-0.25, -0.2) is 12.7 Å². The molecular weight excluding hydrogens is 338 g/mol. The first-order chi connectivity index (χ1) is 11.9. The van der Waals surface area contributed by atoms with Crippen LogP contribution in [-0.4, -0.2) is 44.1 Å². The van der Waals surface area contributed by atoms with Gasteiger partial charge in [0.05, 0.1) is 18.8 Å². The minimum Gasteiger partial charge on any atom is -0.466 e. The first-order valence-corrected chi connectivity index (χ1v) is 10.7.